The number of hydrogen-bond acceptors (Lipinski definition) is 4. The molecule has 2 aromatic carbocycles. The molecule has 0 radical (unpaired) electrons. The van der Waals surface area contributed by atoms with Gasteiger partial charge in [0.15, 0.2) is 0 Å². The molecule has 2 N–H and O–H groups in total. The van der Waals surface area contributed by atoms with Crippen LogP contribution in [-0.4, -0.2) is 62.4 Å². The first kappa shape index (κ1) is 26.2. The third-order valence-corrected chi connectivity index (χ3v) is 5.07. The molecular weight excluding hydrogens is 388 g/mol. The van der Waals surface area contributed by atoms with Gasteiger partial charge in [0.05, 0.1) is 12.6 Å². The zero-order chi connectivity index (χ0) is 22.9. The van der Waals surface area contributed by atoms with Crippen LogP contribution in [0.15, 0.2) is 60.7 Å². The number of amides is 2. The molecule has 6 heteroatoms. The fourth-order valence-electron chi connectivity index (χ4n) is 3.37. The van der Waals surface area contributed by atoms with Crippen molar-refractivity contribution >= 4 is 18.0 Å². The molecule has 0 bridgehead atoms. The van der Waals surface area contributed by atoms with Crippen molar-refractivity contribution in [2.45, 2.75) is 32.7 Å². The van der Waals surface area contributed by atoms with E-state index in [9.17, 15) is 9.59 Å². The third-order valence-electron chi connectivity index (χ3n) is 5.07. The van der Waals surface area contributed by atoms with Crippen LogP contribution in [0.2, 0.25) is 0 Å². The van der Waals surface area contributed by atoms with Crippen LogP contribution < -0.4 is 10.6 Å². The maximum absolute atomic E-state index is 12.2. The average molecular weight is 427 g/mol. The largest absolute Gasteiger partial charge is 0.388 e. The van der Waals surface area contributed by atoms with Gasteiger partial charge in [-0.15, -0.1) is 0 Å². The molecule has 0 aromatic heterocycles. The van der Waals surface area contributed by atoms with E-state index in [-0.39, 0.29) is 18.5 Å². The van der Waals surface area contributed by atoms with Crippen LogP contribution in [0.25, 0.3) is 0 Å². The SMILES string of the molecule is CC.CN(C(=O)CNC=O)C(CN1CCCC1)c1ccccc1.CNc1ccccc1. The van der Waals surface area contributed by atoms with E-state index in [1.54, 1.807) is 4.90 Å². The van der Waals surface area contributed by atoms with Crippen molar-refractivity contribution in [3.05, 3.63) is 66.2 Å². The van der Waals surface area contributed by atoms with E-state index in [0.29, 0.717) is 6.41 Å². The molecule has 1 atom stereocenters. The van der Waals surface area contributed by atoms with Crippen molar-refractivity contribution in [2.24, 2.45) is 0 Å². The topological polar surface area (TPSA) is 64.7 Å². The first-order valence-electron chi connectivity index (χ1n) is 11.1. The van der Waals surface area contributed by atoms with Gasteiger partial charge in [0, 0.05) is 26.3 Å². The lowest BCUT2D eigenvalue weighted by molar-refractivity contribution is -0.132. The lowest BCUT2D eigenvalue weighted by atomic mass is 10.0. The number of likely N-dealkylation sites (N-methyl/N-ethyl adjacent to an activating group) is 1. The highest BCUT2D eigenvalue weighted by atomic mass is 16.2. The fraction of sp³-hybridized carbons (Fsp3) is 0.440. The van der Waals surface area contributed by atoms with Crippen LogP contribution >= 0.6 is 0 Å². The Hall–Kier alpha value is -2.86. The number of nitrogens with zero attached hydrogens (tertiary/aromatic N) is 2. The summed E-state index contributed by atoms with van der Waals surface area (Å²) < 4.78 is 0. The van der Waals surface area contributed by atoms with Gasteiger partial charge in [-0.05, 0) is 43.6 Å². The third kappa shape index (κ3) is 9.66. The van der Waals surface area contributed by atoms with Crippen molar-refractivity contribution in [2.75, 3.05) is 45.6 Å². The van der Waals surface area contributed by atoms with E-state index in [0.717, 1.165) is 30.9 Å². The van der Waals surface area contributed by atoms with Gasteiger partial charge in [-0.2, -0.15) is 0 Å². The summed E-state index contributed by atoms with van der Waals surface area (Å²) in [5, 5.41) is 5.47. The van der Waals surface area contributed by atoms with Crippen LogP contribution in [0, 0.1) is 0 Å². The number of hydrogen-bond donors (Lipinski definition) is 2. The van der Waals surface area contributed by atoms with Gasteiger partial charge in [0.25, 0.3) is 0 Å². The lowest BCUT2D eigenvalue weighted by Crippen LogP contribution is -2.42. The molecule has 0 saturated carbocycles. The number of benzene rings is 2. The second kappa shape index (κ2) is 15.9. The molecule has 2 amide bonds. The van der Waals surface area contributed by atoms with Crippen molar-refractivity contribution in [1.82, 2.24) is 15.1 Å². The van der Waals surface area contributed by atoms with Crippen molar-refractivity contribution < 1.29 is 9.59 Å². The number of likely N-dealkylation sites (tertiary alicyclic amines) is 1. The van der Waals surface area contributed by atoms with E-state index in [1.807, 2.05) is 76.5 Å². The molecule has 1 saturated heterocycles. The molecule has 6 nitrogen and oxygen atoms in total. The molecule has 1 heterocycles. The van der Waals surface area contributed by atoms with Gasteiger partial charge in [-0.25, -0.2) is 0 Å². The second-order valence-corrected chi connectivity index (χ2v) is 7.05. The number of nitrogens with one attached hydrogen (secondary N) is 2. The van der Waals surface area contributed by atoms with Gasteiger partial charge in [-0.1, -0.05) is 62.4 Å². The zero-order valence-electron chi connectivity index (χ0n) is 19.4. The summed E-state index contributed by atoms with van der Waals surface area (Å²) in [4.78, 5) is 26.7. The number of anilines is 1. The minimum atomic E-state index is -0.0739. The Balaban J connectivity index is 0.000000400. The molecule has 3 rings (SSSR count). The molecule has 1 fully saturated rings. The predicted molar refractivity (Wildman–Crippen MR) is 129 cm³/mol. The molecule has 31 heavy (non-hydrogen) atoms. The smallest absolute Gasteiger partial charge is 0.242 e. The summed E-state index contributed by atoms with van der Waals surface area (Å²) >= 11 is 0. The fourth-order valence-corrected chi connectivity index (χ4v) is 3.37. The van der Waals surface area contributed by atoms with Gasteiger partial charge in [-0.3, -0.25) is 9.59 Å². The summed E-state index contributed by atoms with van der Waals surface area (Å²) in [7, 11) is 3.72. The van der Waals surface area contributed by atoms with Crippen LogP contribution in [0.1, 0.15) is 38.3 Å². The zero-order valence-corrected chi connectivity index (χ0v) is 19.4. The van der Waals surface area contributed by atoms with Crippen LogP contribution in [-0.2, 0) is 9.59 Å². The van der Waals surface area contributed by atoms with E-state index >= 15 is 0 Å². The Morgan fingerprint density at radius 1 is 1.03 bits per heavy atom. The summed E-state index contributed by atoms with van der Waals surface area (Å²) in [5.41, 5.74) is 2.29. The molecule has 1 unspecified atom stereocenters. The first-order valence-corrected chi connectivity index (χ1v) is 11.1. The minimum Gasteiger partial charge on any atom is -0.388 e. The highest BCUT2D eigenvalue weighted by Crippen LogP contribution is 2.22. The first-order chi connectivity index (χ1) is 15.2. The van der Waals surface area contributed by atoms with Crippen molar-refractivity contribution in [3.63, 3.8) is 0 Å². The summed E-state index contributed by atoms with van der Waals surface area (Å²) in [6.07, 6.45) is 3.02. The standard InChI is InChI=1S/C16H23N3O2.C7H9N.C2H6/c1-18(16(21)11-17-13-20)15(12-19-9-5-6-10-19)14-7-3-2-4-8-14;1-8-7-5-3-2-4-6-7;1-2/h2-4,7-8,13,15H,5-6,9-12H2,1H3,(H,17,20);2-6,8H,1H3;1-2H3. The quantitative estimate of drug-likeness (QED) is 0.631. The Morgan fingerprint density at radius 3 is 2.06 bits per heavy atom. The maximum atomic E-state index is 12.2. The van der Waals surface area contributed by atoms with Crippen LogP contribution in [0.3, 0.4) is 0 Å². The maximum Gasteiger partial charge on any atom is 0.242 e. The van der Waals surface area contributed by atoms with E-state index in [4.69, 9.17) is 0 Å². The molecule has 0 spiro atoms. The predicted octanol–water partition coefficient (Wildman–Crippen LogP) is 3.78. The van der Waals surface area contributed by atoms with Crippen molar-refractivity contribution in [3.8, 4) is 0 Å². The number of para-hydroxylation sites is 1. The second-order valence-electron chi connectivity index (χ2n) is 7.05. The Morgan fingerprint density at radius 2 is 1.58 bits per heavy atom. The Bertz CT molecular complexity index is 719. The number of rotatable bonds is 8. The Labute approximate surface area is 187 Å². The minimum absolute atomic E-state index is 0.0188. The molecular formula is C25H38N4O2. The van der Waals surface area contributed by atoms with E-state index in [1.165, 1.54) is 12.8 Å². The molecule has 0 aliphatic carbocycles. The van der Waals surface area contributed by atoms with Gasteiger partial charge in [0.1, 0.15) is 0 Å². The van der Waals surface area contributed by atoms with Gasteiger partial charge in [0.2, 0.25) is 12.3 Å². The van der Waals surface area contributed by atoms with Crippen LogP contribution in [0.5, 0.6) is 0 Å². The van der Waals surface area contributed by atoms with Crippen LogP contribution in [0.4, 0.5) is 5.69 Å². The molecule has 1 aliphatic heterocycles. The summed E-state index contributed by atoms with van der Waals surface area (Å²) in [6.45, 7) is 7.08. The number of carbonyl (C=O) groups is 2. The normalized spacial score (nSPS) is 13.5. The average Bonchev–Trinajstić information content (AvgIpc) is 3.36. The highest BCUT2D eigenvalue weighted by Gasteiger charge is 2.25. The molecule has 170 valence electrons. The monoisotopic (exact) mass is 426 g/mol. The highest BCUT2D eigenvalue weighted by molar-refractivity contribution is 5.80. The molecule has 2 aromatic rings. The van der Waals surface area contributed by atoms with Gasteiger partial charge < -0.3 is 20.4 Å². The van der Waals surface area contributed by atoms with E-state index in [2.05, 4.69) is 27.7 Å². The number of carbonyl (C=O) groups excluding carboxylic acids is 2. The molecule has 1 aliphatic rings. The van der Waals surface area contributed by atoms with Gasteiger partial charge >= 0.3 is 0 Å². The summed E-state index contributed by atoms with van der Waals surface area (Å²) in [5.74, 6) is -0.0739. The summed E-state index contributed by atoms with van der Waals surface area (Å²) in [6, 6.07) is 20.2. The lowest BCUT2D eigenvalue weighted by Gasteiger charge is -2.32. The van der Waals surface area contributed by atoms with Crippen molar-refractivity contribution in [1.29, 1.82) is 0 Å². The van der Waals surface area contributed by atoms with E-state index < -0.39 is 0 Å². The Kier molecular flexibility index (Phi) is 13.4.